The molecule has 0 unspecified atom stereocenters. The van der Waals surface area contributed by atoms with Gasteiger partial charge in [0.25, 0.3) is 0 Å². The van der Waals surface area contributed by atoms with Crippen LogP contribution in [-0.4, -0.2) is 101 Å². The molecule has 23 heavy (non-hydrogen) atoms. The number of carboxylic acid groups (broad SMARTS) is 4. The van der Waals surface area contributed by atoms with Crippen LogP contribution in [0.3, 0.4) is 0 Å². The van der Waals surface area contributed by atoms with Gasteiger partial charge in [0.15, 0.2) is 0 Å². The fourth-order valence-electron chi connectivity index (χ4n) is 0.551. The van der Waals surface area contributed by atoms with Crippen molar-refractivity contribution in [3.63, 3.8) is 0 Å². The van der Waals surface area contributed by atoms with Crippen molar-refractivity contribution in [1.82, 2.24) is 0 Å². The normalized spacial score (nSPS) is 9.83. The third kappa shape index (κ3) is 33.3. The average molecular weight is 363 g/mol. The third-order valence-electron chi connectivity index (χ3n) is 1.42. The quantitative estimate of drug-likeness (QED) is 0.242. The molecule has 0 aliphatic carbocycles. The van der Waals surface area contributed by atoms with Gasteiger partial charge >= 0.3 is 23.9 Å². The summed E-state index contributed by atoms with van der Waals surface area (Å²) in [5.74, 6) is -5.00. The van der Waals surface area contributed by atoms with E-state index in [1.807, 2.05) is 0 Å². The maximum absolute atomic E-state index is 9.85. The first-order valence-electron chi connectivity index (χ1n) is 4.48. The van der Waals surface area contributed by atoms with Crippen LogP contribution in [0.2, 0.25) is 0 Å². The summed E-state index contributed by atoms with van der Waals surface area (Å²) in [6.45, 7) is 0. The van der Waals surface area contributed by atoms with E-state index in [1.165, 1.54) is 0 Å². The highest BCUT2D eigenvalue weighted by atomic mass is 24.3. The minimum Gasteiger partial charge on any atom is -0.481 e. The van der Waals surface area contributed by atoms with Crippen molar-refractivity contribution in [2.75, 3.05) is 0 Å². The molecule has 138 valence electrons. The second kappa shape index (κ2) is 22.7. The monoisotopic (exact) mass is 362 g/mol. The molecule has 14 nitrogen and oxygen atoms in total. The Hall–Kier alpha value is -1.59. The molecule has 0 aromatic heterocycles. The zero-order chi connectivity index (χ0) is 14.9. The minimum absolute atomic E-state index is 0. The number of carboxylic acids is 4. The van der Waals surface area contributed by atoms with Crippen molar-refractivity contribution in [1.29, 1.82) is 0 Å². The fourth-order valence-corrected chi connectivity index (χ4v) is 0.551. The van der Waals surface area contributed by atoms with E-state index in [4.69, 9.17) is 31.9 Å². The Balaban J connectivity index is -0.0000000366. The molecule has 0 heterocycles. The molecule has 0 aliphatic heterocycles. The Labute approximate surface area is 145 Å². The summed E-state index contributed by atoms with van der Waals surface area (Å²) in [6, 6.07) is -2.58. The first-order chi connectivity index (χ1) is 8.07. The van der Waals surface area contributed by atoms with Crippen LogP contribution in [0.15, 0.2) is 0 Å². The van der Waals surface area contributed by atoms with Crippen molar-refractivity contribution in [3.05, 3.63) is 0 Å². The van der Waals surface area contributed by atoms with E-state index < -0.39 is 48.8 Å². The second-order valence-electron chi connectivity index (χ2n) is 3.09. The average Bonchev–Trinajstić information content (AvgIpc) is 2.16. The van der Waals surface area contributed by atoms with E-state index >= 15 is 0 Å². The predicted octanol–water partition coefficient (Wildman–Crippen LogP) is -5.93. The summed E-state index contributed by atoms with van der Waals surface area (Å²) < 4.78 is 0. The lowest BCUT2D eigenvalue weighted by molar-refractivity contribution is -0.144. The Bertz CT molecular complexity index is 307. The molecule has 0 bridgehead atoms. The van der Waals surface area contributed by atoms with Gasteiger partial charge in [-0.2, -0.15) is 0 Å². The molecular formula is C8H22MgN2O12. The Morgan fingerprint density at radius 3 is 0.870 bits per heavy atom. The largest absolute Gasteiger partial charge is 0.481 e. The molecule has 2 radical (unpaired) electrons. The highest BCUT2D eigenvalue weighted by Crippen LogP contribution is 1.86. The van der Waals surface area contributed by atoms with Gasteiger partial charge in [0.2, 0.25) is 0 Å². The highest BCUT2D eigenvalue weighted by Gasteiger charge is 2.15. The maximum Gasteiger partial charge on any atom is 0.321 e. The number of hydrogen-bond acceptors (Lipinski definition) is 6. The van der Waals surface area contributed by atoms with Crippen LogP contribution in [0.5, 0.6) is 0 Å². The highest BCUT2D eigenvalue weighted by molar-refractivity contribution is 5.80. The van der Waals surface area contributed by atoms with Crippen LogP contribution in [0.1, 0.15) is 12.8 Å². The topological polar surface area (TPSA) is 327 Å². The molecule has 0 saturated carbocycles. The summed E-state index contributed by atoms with van der Waals surface area (Å²) in [5, 5.41) is 32.1. The Morgan fingerprint density at radius 2 is 0.826 bits per heavy atom. The van der Waals surface area contributed by atoms with Crippen LogP contribution in [-0.2, 0) is 19.2 Å². The summed E-state index contributed by atoms with van der Waals surface area (Å²) in [4.78, 5) is 39.2. The molecule has 0 aliphatic rings. The molecule has 0 rings (SSSR count). The van der Waals surface area contributed by atoms with Crippen LogP contribution < -0.4 is 11.5 Å². The van der Waals surface area contributed by atoms with Crippen LogP contribution in [0.25, 0.3) is 0 Å². The summed E-state index contributed by atoms with van der Waals surface area (Å²) >= 11 is 0. The summed E-state index contributed by atoms with van der Waals surface area (Å²) in [6.07, 6.45) is -1.06. The summed E-state index contributed by atoms with van der Waals surface area (Å²) in [7, 11) is 0. The van der Waals surface area contributed by atoms with Crippen LogP contribution in [0, 0.1) is 0 Å². The molecule has 0 saturated heterocycles. The van der Waals surface area contributed by atoms with E-state index in [9.17, 15) is 19.2 Å². The van der Waals surface area contributed by atoms with Crippen molar-refractivity contribution in [2.24, 2.45) is 11.5 Å². The number of aliphatic carboxylic acids is 4. The van der Waals surface area contributed by atoms with Crippen molar-refractivity contribution in [3.8, 4) is 0 Å². The SMILES string of the molecule is N[C@@H](CC(=O)O)C(=O)O.N[C@@H](CC(=O)O)C(=O)O.O.O.O.O.[Mg]. The number of rotatable bonds is 6. The van der Waals surface area contributed by atoms with Gasteiger partial charge < -0.3 is 53.8 Å². The van der Waals surface area contributed by atoms with Gasteiger partial charge in [0, 0.05) is 23.1 Å². The molecule has 0 fully saturated rings. The van der Waals surface area contributed by atoms with E-state index in [1.54, 1.807) is 0 Å². The lowest BCUT2D eigenvalue weighted by atomic mass is 10.2. The molecule has 0 aromatic carbocycles. The molecule has 15 heteroatoms. The number of carbonyl (C=O) groups is 4. The zero-order valence-electron chi connectivity index (χ0n) is 11.9. The van der Waals surface area contributed by atoms with Crippen molar-refractivity contribution >= 4 is 46.9 Å². The molecular weight excluding hydrogens is 340 g/mol. The lowest BCUT2D eigenvalue weighted by Crippen LogP contribution is -2.32. The van der Waals surface area contributed by atoms with Gasteiger partial charge in [-0.15, -0.1) is 0 Å². The van der Waals surface area contributed by atoms with E-state index in [-0.39, 0.29) is 45.0 Å². The Kier molecular flexibility index (Phi) is 42.4. The van der Waals surface area contributed by atoms with E-state index in [0.29, 0.717) is 0 Å². The standard InChI is InChI=1S/2C4H7NO4.Mg.4H2O/c2*5-2(4(8)9)1-3(6)7;;;;;/h2*2H,1,5H2,(H,6,7)(H,8,9);;4*1H2/t2*2-;;;;;/m00...../s1. The number of nitrogens with two attached hydrogens (primary N) is 2. The molecule has 2 atom stereocenters. The van der Waals surface area contributed by atoms with Gasteiger partial charge in [-0.25, -0.2) is 0 Å². The number of hydrogen-bond donors (Lipinski definition) is 6. The molecule has 0 amide bonds. The molecule has 0 spiro atoms. The minimum atomic E-state index is -1.29. The van der Waals surface area contributed by atoms with Gasteiger partial charge in [0.05, 0.1) is 12.8 Å². The third-order valence-corrected chi connectivity index (χ3v) is 1.42. The van der Waals surface area contributed by atoms with E-state index in [2.05, 4.69) is 0 Å². The second-order valence-corrected chi connectivity index (χ2v) is 3.09. The summed E-state index contributed by atoms with van der Waals surface area (Å²) in [5.41, 5.74) is 9.67. The Morgan fingerprint density at radius 1 is 0.652 bits per heavy atom. The van der Waals surface area contributed by atoms with Crippen LogP contribution >= 0.6 is 0 Å². The fraction of sp³-hybridized carbons (Fsp3) is 0.500. The van der Waals surface area contributed by atoms with Crippen LogP contribution in [0.4, 0.5) is 0 Å². The van der Waals surface area contributed by atoms with E-state index in [0.717, 1.165) is 0 Å². The smallest absolute Gasteiger partial charge is 0.321 e. The first-order valence-corrected chi connectivity index (χ1v) is 4.48. The van der Waals surface area contributed by atoms with Crippen molar-refractivity contribution in [2.45, 2.75) is 24.9 Å². The zero-order valence-corrected chi connectivity index (χ0v) is 13.3. The van der Waals surface area contributed by atoms with Gasteiger partial charge in [-0.3, -0.25) is 19.2 Å². The molecule has 16 N–H and O–H groups in total. The predicted molar refractivity (Wildman–Crippen MR) is 75.9 cm³/mol. The van der Waals surface area contributed by atoms with Crippen molar-refractivity contribution < 1.29 is 61.5 Å². The first kappa shape index (κ1) is 43.0. The molecule has 0 aromatic rings. The maximum atomic E-state index is 9.85. The van der Waals surface area contributed by atoms with Gasteiger partial charge in [-0.1, -0.05) is 0 Å². The van der Waals surface area contributed by atoms with Gasteiger partial charge in [0.1, 0.15) is 12.1 Å². The van der Waals surface area contributed by atoms with Gasteiger partial charge in [-0.05, 0) is 0 Å². The lowest BCUT2D eigenvalue weighted by Gasteiger charge is -1.99.